The zero-order valence-corrected chi connectivity index (χ0v) is 30.6. The predicted molar refractivity (Wildman–Crippen MR) is 198 cm³/mol. The van der Waals surface area contributed by atoms with Crippen LogP contribution in [0.5, 0.6) is 0 Å². The highest BCUT2D eigenvalue weighted by Crippen LogP contribution is 2.33. The summed E-state index contributed by atoms with van der Waals surface area (Å²) in [5.74, 6) is 3.43. The van der Waals surface area contributed by atoms with Crippen molar-refractivity contribution in [1.29, 1.82) is 0 Å². The molecule has 0 bridgehead atoms. The minimum absolute atomic E-state index is 0.0117. The molecule has 0 unspecified atom stereocenters. The van der Waals surface area contributed by atoms with Crippen molar-refractivity contribution >= 4 is 55.8 Å². The number of hydrogen-bond acceptors (Lipinski definition) is 6. The Balaban J connectivity index is 1.34. The summed E-state index contributed by atoms with van der Waals surface area (Å²) < 4.78 is 0. The van der Waals surface area contributed by atoms with E-state index in [9.17, 15) is 9.59 Å². The number of rotatable bonds is 17. The maximum absolute atomic E-state index is 13.4. The molecule has 0 radical (unpaired) electrons. The highest BCUT2D eigenvalue weighted by atomic mass is 33.1. The number of aliphatic imine (C=N–C) groups is 1. The Morgan fingerprint density at radius 3 is 1.96 bits per heavy atom. The van der Waals surface area contributed by atoms with Crippen LogP contribution in [0.15, 0.2) is 29.3 Å². The van der Waals surface area contributed by atoms with E-state index in [1.165, 1.54) is 5.71 Å². The van der Waals surface area contributed by atoms with Crippen molar-refractivity contribution in [1.82, 2.24) is 20.6 Å². The monoisotopic (exact) mass is 663 g/mol. The van der Waals surface area contributed by atoms with Gasteiger partial charge in [0, 0.05) is 53.3 Å². The van der Waals surface area contributed by atoms with Crippen LogP contribution in [0, 0.1) is 25.7 Å². The third-order valence-electron chi connectivity index (χ3n) is 8.22. The number of carbonyl (C=O) groups is 2. The first-order valence-electron chi connectivity index (χ1n) is 17.0. The number of benzene rings is 2. The molecule has 46 heavy (non-hydrogen) atoms. The van der Waals surface area contributed by atoms with Crippen molar-refractivity contribution in [3.05, 3.63) is 57.9 Å². The molecule has 0 saturated carbocycles. The smallest absolute Gasteiger partial charge is 0.251 e. The molecule has 2 heterocycles. The molecule has 7 nitrogen and oxygen atoms in total. The van der Waals surface area contributed by atoms with Crippen LogP contribution in [-0.2, 0) is 12.8 Å². The van der Waals surface area contributed by atoms with Crippen LogP contribution in [0.4, 0.5) is 5.69 Å². The maximum atomic E-state index is 13.4. The van der Waals surface area contributed by atoms with Gasteiger partial charge in [-0.2, -0.15) is 0 Å². The van der Waals surface area contributed by atoms with E-state index in [1.807, 2.05) is 31.2 Å². The molecule has 4 rings (SSSR count). The van der Waals surface area contributed by atoms with Crippen LogP contribution in [0.1, 0.15) is 117 Å². The van der Waals surface area contributed by atoms with E-state index >= 15 is 0 Å². The van der Waals surface area contributed by atoms with Crippen molar-refractivity contribution < 1.29 is 9.59 Å². The molecule has 2 aromatic carbocycles. The molecular weight excluding hydrogens is 611 g/mol. The number of nitrogens with zero attached hydrogens (tertiary/aromatic N) is 2. The van der Waals surface area contributed by atoms with Crippen LogP contribution in [0.2, 0.25) is 0 Å². The Labute approximate surface area is 283 Å². The van der Waals surface area contributed by atoms with Gasteiger partial charge in [-0.05, 0) is 92.3 Å². The van der Waals surface area contributed by atoms with Crippen molar-refractivity contribution in [3.8, 4) is 0 Å². The van der Waals surface area contributed by atoms with Crippen molar-refractivity contribution in [2.24, 2.45) is 16.8 Å². The first-order chi connectivity index (χ1) is 22.0. The third kappa shape index (κ3) is 9.86. The normalized spacial score (nSPS) is 14.1. The zero-order chi connectivity index (χ0) is 33.4. The van der Waals surface area contributed by atoms with Gasteiger partial charge in [-0.25, -0.2) is 4.98 Å². The van der Waals surface area contributed by atoms with Gasteiger partial charge in [-0.15, -0.1) is 0 Å². The number of carbonyl (C=O) groups excluding carboxylic acids is 2. The van der Waals surface area contributed by atoms with E-state index in [0.29, 0.717) is 17.4 Å². The molecule has 0 spiro atoms. The van der Waals surface area contributed by atoms with Gasteiger partial charge >= 0.3 is 0 Å². The second-order valence-electron chi connectivity index (χ2n) is 13.7. The maximum Gasteiger partial charge on any atom is 0.251 e. The van der Waals surface area contributed by atoms with E-state index in [-0.39, 0.29) is 23.9 Å². The SMILES string of the molecule is CCCC1=Nc2c(C)cc(C(=O)N[C@@H](CSSC[C@@H](CC(C)C)NC(=O)c3cc(C)c4nc(CCC)[nH]c4c3)CC(C)C)cc2C1. The highest BCUT2D eigenvalue weighted by Gasteiger charge is 2.22. The number of imidazole rings is 1. The summed E-state index contributed by atoms with van der Waals surface area (Å²) in [5, 5.41) is 6.65. The first kappa shape index (κ1) is 36.1. The fourth-order valence-corrected chi connectivity index (χ4v) is 8.75. The van der Waals surface area contributed by atoms with Crippen molar-refractivity contribution in [2.75, 3.05) is 11.5 Å². The number of amides is 2. The second-order valence-corrected chi connectivity index (χ2v) is 16.2. The number of aromatic amines is 1. The summed E-state index contributed by atoms with van der Waals surface area (Å²) in [6.45, 7) is 17.2. The minimum Gasteiger partial charge on any atom is -0.348 e. The van der Waals surface area contributed by atoms with E-state index in [0.717, 1.165) is 101 Å². The number of fused-ring (bicyclic) bond motifs is 2. The molecule has 0 fully saturated rings. The fraction of sp³-hybridized carbons (Fsp3) is 0.568. The van der Waals surface area contributed by atoms with Crippen LogP contribution in [-0.4, -0.2) is 51.1 Å². The summed E-state index contributed by atoms with van der Waals surface area (Å²) in [6, 6.07) is 8.00. The van der Waals surface area contributed by atoms with Crippen LogP contribution in [0.3, 0.4) is 0 Å². The molecule has 1 aliphatic rings. The summed E-state index contributed by atoms with van der Waals surface area (Å²) in [5.41, 5.74) is 8.75. The Morgan fingerprint density at radius 1 is 0.826 bits per heavy atom. The zero-order valence-electron chi connectivity index (χ0n) is 29.0. The van der Waals surface area contributed by atoms with E-state index in [2.05, 4.69) is 64.1 Å². The molecule has 3 N–H and O–H groups in total. The summed E-state index contributed by atoms with van der Waals surface area (Å²) >= 11 is 0. The number of nitrogens with one attached hydrogen (secondary N) is 3. The second kappa shape index (κ2) is 16.9. The first-order valence-corrected chi connectivity index (χ1v) is 19.5. The van der Waals surface area contributed by atoms with Gasteiger partial charge in [-0.3, -0.25) is 14.6 Å². The lowest BCUT2D eigenvalue weighted by atomic mass is 10.00. The Kier molecular flexibility index (Phi) is 13.2. The summed E-state index contributed by atoms with van der Waals surface area (Å²) in [4.78, 5) is 39.8. The molecule has 2 amide bonds. The van der Waals surface area contributed by atoms with E-state index < -0.39 is 0 Å². The lowest BCUT2D eigenvalue weighted by molar-refractivity contribution is 0.0928. The topological polar surface area (TPSA) is 99.2 Å². The summed E-state index contributed by atoms with van der Waals surface area (Å²) in [7, 11) is 3.55. The average Bonchev–Trinajstić information content (AvgIpc) is 3.59. The van der Waals surface area contributed by atoms with E-state index in [4.69, 9.17) is 9.98 Å². The predicted octanol–water partition coefficient (Wildman–Crippen LogP) is 8.93. The number of aromatic nitrogens is 2. The largest absolute Gasteiger partial charge is 0.348 e. The molecule has 0 aliphatic carbocycles. The number of aryl methyl sites for hydroxylation is 3. The van der Waals surface area contributed by atoms with Gasteiger partial charge in [0.15, 0.2) is 0 Å². The van der Waals surface area contributed by atoms with Crippen molar-refractivity contribution in [3.63, 3.8) is 0 Å². The molecule has 1 aliphatic heterocycles. The molecule has 1 aromatic heterocycles. The van der Waals surface area contributed by atoms with Crippen molar-refractivity contribution in [2.45, 2.75) is 112 Å². The molecule has 0 saturated heterocycles. The van der Waals surface area contributed by atoms with Crippen LogP contribution < -0.4 is 10.6 Å². The van der Waals surface area contributed by atoms with Crippen LogP contribution in [0.25, 0.3) is 11.0 Å². The fourth-order valence-electron chi connectivity index (χ4n) is 6.23. The molecule has 3 aromatic rings. The lowest BCUT2D eigenvalue weighted by Crippen LogP contribution is -2.38. The van der Waals surface area contributed by atoms with Crippen LogP contribution >= 0.6 is 21.6 Å². The number of hydrogen-bond donors (Lipinski definition) is 3. The van der Waals surface area contributed by atoms with E-state index in [1.54, 1.807) is 21.6 Å². The molecular formula is C37H53N5O2S2. The van der Waals surface area contributed by atoms with Gasteiger partial charge in [0.05, 0.1) is 16.7 Å². The van der Waals surface area contributed by atoms with Gasteiger partial charge in [0.1, 0.15) is 5.82 Å². The van der Waals surface area contributed by atoms with Gasteiger partial charge < -0.3 is 15.6 Å². The molecule has 9 heteroatoms. The quantitative estimate of drug-likeness (QED) is 0.0990. The van der Waals surface area contributed by atoms with Gasteiger partial charge in [0.2, 0.25) is 0 Å². The van der Waals surface area contributed by atoms with Gasteiger partial charge in [-0.1, -0.05) is 69.6 Å². The lowest BCUT2D eigenvalue weighted by Gasteiger charge is -2.23. The standard InChI is InChI=1S/C37H53N5O2S2/c1-9-11-29-18-26-17-27(15-24(7)34(26)38-29)36(43)39-30(13-22(3)4)20-45-46-21-31(14-23(5)6)40-37(44)28-16-25(8)35-32(19-28)41-33(42-35)12-10-2/h15-17,19,22-23,30-31H,9-14,18,20-21H2,1-8H3,(H,39,43)(H,40,44)(H,41,42)/t30-,31-/m1/s1. The highest BCUT2D eigenvalue weighted by molar-refractivity contribution is 8.76. The number of H-pyrrole nitrogens is 1. The van der Waals surface area contributed by atoms with Gasteiger partial charge in [0.25, 0.3) is 11.8 Å². The molecule has 250 valence electrons. The Hall–Kier alpha value is -2.78. The minimum atomic E-state index is -0.0466. The Bertz CT molecular complexity index is 1540. The summed E-state index contributed by atoms with van der Waals surface area (Å²) in [6.07, 6.45) is 6.66. The average molecular weight is 664 g/mol. The molecule has 2 atom stereocenters. The Morgan fingerprint density at radius 2 is 1.39 bits per heavy atom. The third-order valence-corrected chi connectivity index (χ3v) is 10.8.